The molecule has 0 saturated heterocycles. The Balaban J connectivity index is 1.69. The van der Waals surface area contributed by atoms with Gasteiger partial charge in [-0.25, -0.2) is 13.1 Å². The predicted molar refractivity (Wildman–Crippen MR) is 61.9 cm³/mol. The van der Waals surface area contributed by atoms with Crippen molar-refractivity contribution >= 4 is 10.0 Å². The fourth-order valence-electron chi connectivity index (χ4n) is 1.37. The van der Waals surface area contributed by atoms with Crippen LogP contribution in [0, 0.1) is 0 Å². The van der Waals surface area contributed by atoms with E-state index in [1.54, 1.807) is 0 Å². The first-order valence-electron chi connectivity index (χ1n) is 5.35. The van der Waals surface area contributed by atoms with E-state index in [0.29, 0.717) is 13.2 Å². The first-order chi connectivity index (χ1) is 7.68. The van der Waals surface area contributed by atoms with Gasteiger partial charge in [-0.2, -0.15) is 0 Å². The number of rotatable bonds is 6. The summed E-state index contributed by atoms with van der Waals surface area (Å²) in [4.78, 5) is 0. The van der Waals surface area contributed by atoms with Crippen LogP contribution < -0.4 is 9.46 Å². The molecule has 4 nitrogen and oxygen atoms in total. The van der Waals surface area contributed by atoms with E-state index >= 15 is 0 Å². The fourth-order valence-corrected chi connectivity index (χ4v) is 2.73. The second-order valence-electron chi connectivity index (χ2n) is 3.80. The predicted octanol–water partition coefficient (Wildman–Crippen LogP) is 1.15. The van der Waals surface area contributed by atoms with Crippen molar-refractivity contribution in [3.63, 3.8) is 0 Å². The molecule has 1 aromatic carbocycles. The maximum Gasteiger partial charge on any atom is 0.214 e. The molecule has 1 fully saturated rings. The van der Waals surface area contributed by atoms with Crippen molar-refractivity contribution in [3.8, 4) is 5.75 Å². The summed E-state index contributed by atoms with van der Waals surface area (Å²) in [5.41, 5.74) is 0. The molecular weight excluding hydrogens is 226 g/mol. The standard InChI is InChI=1S/C11H15NO3S/c13-16(14,11-6-7-11)12-8-9-15-10-4-2-1-3-5-10/h1-5,11-12H,6-9H2. The maximum atomic E-state index is 11.4. The summed E-state index contributed by atoms with van der Waals surface area (Å²) in [6.45, 7) is 0.684. The van der Waals surface area contributed by atoms with Crippen LogP contribution in [0.15, 0.2) is 30.3 Å². The highest BCUT2D eigenvalue weighted by Crippen LogP contribution is 2.27. The van der Waals surface area contributed by atoms with E-state index in [1.165, 1.54) is 0 Å². The number of nitrogens with one attached hydrogen (secondary N) is 1. The van der Waals surface area contributed by atoms with Gasteiger partial charge >= 0.3 is 0 Å². The Morgan fingerprint density at radius 2 is 1.94 bits per heavy atom. The van der Waals surface area contributed by atoms with E-state index in [4.69, 9.17) is 4.74 Å². The summed E-state index contributed by atoms with van der Waals surface area (Å²) >= 11 is 0. The normalized spacial score (nSPS) is 16.0. The molecule has 0 aromatic heterocycles. The van der Waals surface area contributed by atoms with Crippen molar-refractivity contribution in [1.82, 2.24) is 4.72 Å². The van der Waals surface area contributed by atoms with Crippen molar-refractivity contribution in [1.29, 1.82) is 0 Å². The molecule has 1 N–H and O–H groups in total. The smallest absolute Gasteiger partial charge is 0.214 e. The van der Waals surface area contributed by atoms with Crippen LogP contribution >= 0.6 is 0 Å². The van der Waals surface area contributed by atoms with Gasteiger partial charge in [-0.3, -0.25) is 0 Å². The molecule has 2 rings (SSSR count). The van der Waals surface area contributed by atoms with Gasteiger partial charge in [0.2, 0.25) is 10.0 Å². The van der Waals surface area contributed by atoms with Crippen molar-refractivity contribution < 1.29 is 13.2 Å². The average molecular weight is 241 g/mol. The quantitative estimate of drug-likeness (QED) is 0.760. The van der Waals surface area contributed by atoms with Gasteiger partial charge in [-0.1, -0.05) is 18.2 Å². The van der Waals surface area contributed by atoms with Crippen molar-refractivity contribution in [2.75, 3.05) is 13.2 Å². The summed E-state index contributed by atoms with van der Waals surface area (Å²) in [6, 6.07) is 9.35. The minimum absolute atomic E-state index is 0.163. The first-order valence-corrected chi connectivity index (χ1v) is 6.89. The Bertz CT molecular complexity index is 426. The van der Waals surface area contributed by atoms with Crippen LogP contribution in [0.25, 0.3) is 0 Å². The number of hydrogen-bond acceptors (Lipinski definition) is 3. The van der Waals surface area contributed by atoms with Crippen LogP contribution in [0.4, 0.5) is 0 Å². The summed E-state index contributed by atoms with van der Waals surface area (Å²) in [5.74, 6) is 0.758. The lowest BCUT2D eigenvalue weighted by atomic mass is 10.3. The molecule has 0 spiro atoms. The van der Waals surface area contributed by atoms with Crippen LogP contribution in [0.5, 0.6) is 5.75 Å². The van der Waals surface area contributed by atoms with Crippen LogP contribution in [0.3, 0.4) is 0 Å². The van der Waals surface area contributed by atoms with Gasteiger partial charge in [0, 0.05) is 6.54 Å². The van der Waals surface area contributed by atoms with E-state index in [1.807, 2.05) is 30.3 Å². The molecule has 5 heteroatoms. The van der Waals surface area contributed by atoms with Crippen LogP contribution in [0.2, 0.25) is 0 Å². The monoisotopic (exact) mass is 241 g/mol. The molecule has 0 atom stereocenters. The molecule has 1 aliphatic rings. The lowest BCUT2D eigenvalue weighted by Gasteiger charge is -2.07. The Labute approximate surface area is 95.7 Å². The molecule has 0 unspecified atom stereocenters. The Hall–Kier alpha value is -1.07. The summed E-state index contributed by atoms with van der Waals surface area (Å²) < 4.78 is 30.8. The molecule has 0 amide bonds. The van der Waals surface area contributed by atoms with Crippen LogP contribution in [0.1, 0.15) is 12.8 Å². The highest BCUT2D eigenvalue weighted by atomic mass is 32.2. The molecule has 0 aliphatic heterocycles. The van der Waals surface area contributed by atoms with E-state index in [-0.39, 0.29) is 5.25 Å². The second kappa shape index (κ2) is 4.84. The lowest BCUT2D eigenvalue weighted by molar-refractivity contribution is 0.323. The Morgan fingerprint density at radius 1 is 1.25 bits per heavy atom. The molecule has 0 radical (unpaired) electrons. The van der Waals surface area contributed by atoms with Crippen molar-refractivity contribution in [2.45, 2.75) is 18.1 Å². The summed E-state index contributed by atoms with van der Waals surface area (Å²) in [6.07, 6.45) is 1.57. The highest BCUT2D eigenvalue weighted by molar-refractivity contribution is 7.90. The van der Waals surface area contributed by atoms with Gasteiger partial charge in [-0.15, -0.1) is 0 Å². The number of para-hydroxylation sites is 1. The maximum absolute atomic E-state index is 11.4. The number of hydrogen-bond donors (Lipinski definition) is 1. The summed E-state index contributed by atoms with van der Waals surface area (Å²) in [7, 11) is -3.07. The molecular formula is C11H15NO3S. The van der Waals surface area contributed by atoms with Gasteiger partial charge in [-0.05, 0) is 25.0 Å². The van der Waals surface area contributed by atoms with Crippen molar-refractivity contribution in [2.24, 2.45) is 0 Å². The van der Waals surface area contributed by atoms with Gasteiger partial charge < -0.3 is 4.74 Å². The molecule has 16 heavy (non-hydrogen) atoms. The Morgan fingerprint density at radius 3 is 2.56 bits per heavy atom. The van der Waals surface area contributed by atoms with Crippen LogP contribution in [-0.4, -0.2) is 26.8 Å². The molecule has 0 heterocycles. The largest absolute Gasteiger partial charge is 0.492 e. The molecule has 1 aliphatic carbocycles. The third-order valence-corrected chi connectivity index (χ3v) is 4.34. The zero-order valence-electron chi connectivity index (χ0n) is 8.93. The second-order valence-corrected chi connectivity index (χ2v) is 5.85. The molecule has 0 bridgehead atoms. The van der Waals surface area contributed by atoms with Gasteiger partial charge in [0.1, 0.15) is 12.4 Å². The zero-order chi connectivity index (χ0) is 11.4. The van der Waals surface area contributed by atoms with Gasteiger partial charge in [0.05, 0.1) is 5.25 Å². The fraction of sp³-hybridized carbons (Fsp3) is 0.455. The third-order valence-electron chi connectivity index (χ3n) is 2.38. The van der Waals surface area contributed by atoms with Crippen molar-refractivity contribution in [3.05, 3.63) is 30.3 Å². The van der Waals surface area contributed by atoms with Gasteiger partial charge in [0.25, 0.3) is 0 Å². The topological polar surface area (TPSA) is 55.4 Å². The van der Waals surface area contributed by atoms with Gasteiger partial charge in [0.15, 0.2) is 0 Å². The first kappa shape index (κ1) is 11.4. The highest BCUT2D eigenvalue weighted by Gasteiger charge is 2.35. The third kappa shape index (κ3) is 3.21. The van der Waals surface area contributed by atoms with Crippen LogP contribution in [-0.2, 0) is 10.0 Å². The lowest BCUT2D eigenvalue weighted by Crippen LogP contribution is -2.30. The summed E-state index contributed by atoms with van der Waals surface area (Å²) in [5, 5.41) is -0.163. The Kier molecular flexibility index (Phi) is 3.46. The average Bonchev–Trinajstić information content (AvgIpc) is 3.10. The number of sulfonamides is 1. The minimum Gasteiger partial charge on any atom is -0.492 e. The number of benzene rings is 1. The molecule has 1 saturated carbocycles. The molecule has 88 valence electrons. The minimum atomic E-state index is -3.07. The molecule has 1 aromatic rings. The van der Waals surface area contributed by atoms with E-state index in [9.17, 15) is 8.42 Å². The number of ether oxygens (including phenoxy) is 1. The van der Waals surface area contributed by atoms with E-state index in [2.05, 4.69) is 4.72 Å². The van der Waals surface area contributed by atoms with E-state index in [0.717, 1.165) is 18.6 Å². The van der Waals surface area contributed by atoms with E-state index < -0.39 is 10.0 Å². The SMILES string of the molecule is O=S(=O)(NCCOc1ccccc1)C1CC1. The zero-order valence-corrected chi connectivity index (χ0v) is 9.74.